The van der Waals surface area contributed by atoms with Gasteiger partial charge in [-0.05, 0) is 55.9 Å². The number of nitrogens with one attached hydrogen (secondary N) is 1. The minimum absolute atomic E-state index is 0.0687. The predicted molar refractivity (Wildman–Crippen MR) is 144 cm³/mol. The Kier molecular flexibility index (Phi) is 5.94. The molecule has 0 unspecified atom stereocenters. The van der Waals surface area contributed by atoms with Crippen molar-refractivity contribution in [1.29, 1.82) is 0 Å². The lowest BCUT2D eigenvalue weighted by Gasteiger charge is -2.32. The maximum atomic E-state index is 13.2. The van der Waals surface area contributed by atoms with Crippen molar-refractivity contribution in [1.82, 2.24) is 34.7 Å². The number of carbonyl (C=O) groups excluding carboxylic acids is 1. The van der Waals surface area contributed by atoms with E-state index in [2.05, 4.69) is 33.0 Å². The average Bonchev–Trinajstić information content (AvgIpc) is 3.42. The van der Waals surface area contributed by atoms with Crippen molar-refractivity contribution in [3.63, 3.8) is 0 Å². The normalized spacial score (nSPS) is 14.3. The number of amides is 1. The molecule has 0 aliphatic carbocycles. The van der Waals surface area contributed by atoms with E-state index >= 15 is 0 Å². The topological polar surface area (TPSA) is 90.9 Å². The molecule has 1 N–H and O–H groups in total. The van der Waals surface area contributed by atoms with Crippen molar-refractivity contribution in [2.45, 2.75) is 6.92 Å². The summed E-state index contributed by atoms with van der Waals surface area (Å²) >= 11 is 0. The first kappa shape index (κ1) is 23.0. The van der Waals surface area contributed by atoms with E-state index in [9.17, 15) is 4.79 Å². The van der Waals surface area contributed by atoms with Crippen LogP contribution in [-0.4, -0.2) is 73.9 Å². The zero-order chi connectivity index (χ0) is 25.4. The van der Waals surface area contributed by atoms with Gasteiger partial charge in [0.25, 0.3) is 5.91 Å². The number of likely N-dealkylation sites (N-methyl/N-ethyl adjacent to an activating group) is 1. The summed E-state index contributed by atoms with van der Waals surface area (Å²) in [6.45, 7) is 5.23. The van der Waals surface area contributed by atoms with Gasteiger partial charge in [-0.3, -0.25) is 9.78 Å². The van der Waals surface area contributed by atoms with Gasteiger partial charge < -0.3 is 14.8 Å². The first-order valence-electron chi connectivity index (χ1n) is 12.4. The van der Waals surface area contributed by atoms with Crippen LogP contribution in [0.4, 0.5) is 0 Å². The molecular weight excluding hydrogens is 462 g/mol. The number of pyridine rings is 2. The van der Waals surface area contributed by atoms with Gasteiger partial charge in [-0.25, -0.2) is 15.0 Å². The Morgan fingerprint density at radius 3 is 2.51 bits per heavy atom. The molecule has 0 spiro atoms. The van der Waals surface area contributed by atoms with E-state index in [1.165, 1.54) is 0 Å². The van der Waals surface area contributed by atoms with E-state index < -0.39 is 0 Å². The molecule has 0 atom stereocenters. The van der Waals surface area contributed by atoms with E-state index in [0.29, 0.717) is 11.4 Å². The standard InChI is InChI=1S/C29H27N7O/c1-19-5-3-8-25(32-19)28-33-26(24-9-10-31-27(24)34-28)23-16-22(17-30-18-23)20-6-4-7-21(15-20)29(37)36-13-11-35(2)12-14-36/h3-10,15-18H,11-14H2,1-2H3,(H,31,33,34). The highest BCUT2D eigenvalue weighted by Crippen LogP contribution is 2.31. The number of hydrogen-bond donors (Lipinski definition) is 1. The van der Waals surface area contributed by atoms with Crippen LogP contribution in [0.25, 0.3) is 44.9 Å². The molecule has 37 heavy (non-hydrogen) atoms. The molecule has 5 aromatic rings. The quantitative estimate of drug-likeness (QED) is 0.401. The van der Waals surface area contributed by atoms with Crippen LogP contribution in [0.5, 0.6) is 0 Å². The van der Waals surface area contributed by atoms with Gasteiger partial charge in [-0.2, -0.15) is 0 Å². The molecule has 1 amide bonds. The number of aryl methyl sites for hydroxylation is 1. The zero-order valence-corrected chi connectivity index (χ0v) is 20.8. The highest BCUT2D eigenvalue weighted by molar-refractivity contribution is 5.96. The summed E-state index contributed by atoms with van der Waals surface area (Å²) in [6.07, 6.45) is 5.49. The highest BCUT2D eigenvalue weighted by atomic mass is 16.2. The van der Waals surface area contributed by atoms with E-state index in [0.717, 1.165) is 71.0 Å². The van der Waals surface area contributed by atoms with Crippen LogP contribution >= 0.6 is 0 Å². The summed E-state index contributed by atoms with van der Waals surface area (Å²) in [5.74, 6) is 0.623. The molecule has 0 saturated carbocycles. The Hall–Kier alpha value is -4.43. The van der Waals surface area contributed by atoms with Gasteiger partial charge in [0.1, 0.15) is 11.3 Å². The maximum Gasteiger partial charge on any atom is 0.253 e. The second-order valence-corrected chi connectivity index (χ2v) is 9.44. The molecule has 5 heterocycles. The largest absolute Gasteiger partial charge is 0.346 e. The molecule has 0 bridgehead atoms. The van der Waals surface area contributed by atoms with Gasteiger partial charge in [-0.15, -0.1) is 0 Å². The third-order valence-electron chi connectivity index (χ3n) is 6.78. The number of H-pyrrole nitrogens is 1. The maximum absolute atomic E-state index is 13.2. The van der Waals surface area contributed by atoms with Gasteiger partial charge in [0.15, 0.2) is 5.82 Å². The molecule has 8 heteroatoms. The number of hydrogen-bond acceptors (Lipinski definition) is 6. The van der Waals surface area contributed by atoms with Crippen molar-refractivity contribution in [3.8, 4) is 33.9 Å². The predicted octanol–water partition coefficient (Wildman–Crippen LogP) is 4.44. The Morgan fingerprint density at radius 2 is 1.68 bits per heavy atom. The first-order valence-corrected chi connectivity index (χ1v) is 12.4. The Balaban J connectivity index is 1.37. The minimum atomic E-state index is 0.0687. The van der Waals surface area contributed by atoms with Crippen LogP contribution in [0.1, 0.15) is 16.1 Å². The van der Waals surface area contributed by atoms with Gasteiger partial charge in [-0.1, -0.05) is 18.2 Å². The summed E-state index contributed by atoms with van der Waals surface area (Å²) in [5.41, 5.74) is 6.57. The van der Waals surface area contributed by atoms with Gasteiger partial charge in [0.2, 0.25) is 0 Å². The fourth-order valence-corrected chi connectivity index (χ4v) is 4.69. The molecular formula is C29H27N7O. The lowest BCUT2D eigenvalue weighted by Crippen LogP contribution is -2.47. The molecule has 184 valence electrons. The molecule has 1 saturated heterocycles. The zero-order valence-electron chi connectivity index (χ0n) is 20.8. The SMILES string of the molecule is Cc1cccc(-c2nc(-c3cncc(-c4cccc(C(=O)N5CCN(C)CC5)c4)c3)c3cc[nH]c3n2)n1. The van der Waals surface area contributed by atoms with E-state index in [1.54, 1.807) is 0 Å². The fraction of sp³-hybridized carbons (Fsp3) is 0.207. The molecule has 4 aromatic heterocycles. The van der Waals surface area contributed by atoms with Crippen LogP contribution in [0.3, 0.4) is 0 Å². The molecule has 6 rings (SSSR count). The molecule has 8 nitrogen and oxygen atoms in total. The van der Waals surface area contributed by atoms with Gasteiger partial charge in [0.05, 0.1) is 5.69 Å². The van der Waals surface area contributed by atoms with E-state index in [-0.39, 0.29) is 5.91 Å². The summed E-state index contributed by atoms with van der Waals surface area (Å²) in [6, 6.07) is 17.6. The van der Waals surface area contributed by atoms with Gasteiger partial charge >= 0.3 is 0 Å². The van der Waals surface area contributed by atoms with Crippen LogP contribution in [0.2, 0.25) is 0 Å². The summed E-state index contributed by atoms with van der Waals surface area (Å²) < 4.78 is 0. The lowest BCUT2D eigenvalue weighted by atomic mass is 10.0. The first-order chi connectivity index (χ1) is 18.0. The van der Waals surface area contributed by atoms with Crippen LogP contribution < -0.4 is 0 Å². The van der Waals surface area contributed by atoms with Crippen LogP contribution in [-0.2, 0) is 0 Å². The van der Waals surface area contributed by atoms with Crippen molar-refractivity contribution >= 4 is 16.9 Å². The van der Waals surface area contributed by atoms with E-state index in [1.807, 2.05) is 78.9 Å². The van der Waals surface area contributed by atoms with Crippen molar-refractivity contribution in [2.75, 3.05) is 33.2 Å². The average molecular weight is 490 g/mol. The summed E-state index contributed by atoms with van der Waals surface area (Å²) in [4.78, 5) is 39.3. The number of aromatic nitrogens is 5. The minimum Gasteiger partial charge on any atom is -0.346 e. The van der Waals surface area contributed by atoms with Crippen molar-refractivity contribution < 1.29 is 4.79 Å². The smallest absolute Gasteiger partial charge is 0.253 e. The fourth-order valence-electron chi connectivity index (χ4n) is 4.69. The molecule has 0 radical (unpaired) electrons. The van der Waals surface area contributed by atoms with Crippen molar-refractivity contribution in [2.24, 2.45) is 0 Å². The number of aromatic amines is 1. The second kappa shape index (κ2) is 9.55. The summed E-state index contributed by atoms with van der Waals surface area (Å²) in [7, 11) is 2.08. The second-order valence-electron chi connectivity index (χ2n) is 9.44. The third-order valence-corrected chi connectivity index (χ3v) is 6.78. The molecule has 1 aromatic carbocycles. The lowest BCUT2D eigenvalue weighted by molar-refractivity contribution is 0.0664. The summed E-state index contributed by atoms with van der Waals surface area (Å²) in [5, 5.41) is 0.911. The monoisotopic (exact) mass is 489 g/mol. The highest BCUT2D eigenvalue weighted by Gasteiger charge is 2.21. The van der Waals surface area contributed by atoms with Crippen molar-refractivity contribution in [3.05, 3.63) is 84.4 Å². The van der Waals surface area contributed by atoms with Crippen LogP contribution in [0, 0.1) is 6.92 Å². The molecule has 1 aliphatic rings. The Bertz CT molecular complexity index is 1600. The van der Waals surface area contributed by atoms with E-state index in [4.69, 9.17) is 9.97 Å². The number of rotatable bonds is 4. The Labute approximate surface area is 215 Å². The molecule has 1 fully saturated rings. The number of carbonyl (C=O) groups is 1. The number of fused-ring (bicyclic) bond motifs is 1. The number of nitrogens with zero attached hydrogens (tertiary/aromatic N) is 6. The van der Waals surface area contributed by atoms with Crippen LogP contribution in [0.15, 0.2) is 73.2 Å². The third kappa shape index (κ3) is 4.59. The molecule has 1 aliphatic heterocycles. The number of piperazine rings is 1. The van der Waals surface area contributed by atoms with Gasteiger partial charge in [0, 0.05) is 72.5 Å². The Morgan fingerprint density at radius 1 is 0.865 bits per heavy atom. The number of benzene rings is 1.